The monoisotopic (exact) mass is 420 g/mol. The van der Waals surface area contributed by atoms with E-state index in [0.29, 0.717) is 38.0 Å². The fourth-order valence-electron chi connectivity index (χ4n) is 3.32. The Morgan fingerprint density at radius 3 is 2.62 bits per heavy atom. The number of nitrogens with zero attached hydrogens (tertiary/aromatic N) is 4. The van der Waals surface area contributed by atoms with Crippen LogP contribution in [0.15, 0.2) is 33.2 Å². The number of piperazine rings is 1. The zero-order valence-electron chi connectivity index (χ0n) is 14.4. The minimum absolute atomic E-state index is 0.137. The van der Waals surface area contributed by atoms with Crippen molar-refractivity contribution < 1.29 is 13.9 Å². The number of hydrogen-bond donors (Lipinski definition) is 0. The molecule has 0 saturated carbocycles. The van der Waals surface area contributed by atoms with Crippen molar-refractivity contribution in [3.8, 4) is 11.5 Å². The van der Waals surface area contributed by atoms with Crippen molar-refractivity contribution in [1.29, 1.82) is 0 Å². The van der Waals surface area contributed by atoms with Crippen LogP contribution in [-0.4, -0.2) is 64.8 Å². The Bertz CT molecular complexity index is 750. The van der Waals surface area contributed by atoms with Crippen molar-refractivity contribution in [2.24, 2.45) is 0 Å². The zero-order chi connectivity index (χ0) is 17.9. The molecule has 0 spiro atoms. The van der Waals surface area contributed by atoms with E-state index in [1.807, 2.05) is 29.2 Å². The lowest BCUT2D eigenvalue weighted by atomic mass is 10.2. The Balaban J connectivity index is 1.30. The predicted molar refractivity (Wildman–Crippen MR) is 98.3 cm³/mol. The van der Waals surface area contributed by atoms with E-state index in [2.05, 4.69) is 31.0 Å². The smallest absolute Gasteiger partial charge is 0.251 e. The van der Waals surface area contributed by atoms with Crippen LogP contribution < -0.4 is 0 Å². The molecule has 2 aliphatic rings. The molecule has 1 unspecified atom stereocenters. The summed E-state index contributed by atoms with van der Waals surface area (Å²) in [5.41, 5.74) is 0.902. The molecule has 0 radical (unpaired) electrons. The molecule has 2 aliphatic heterocycles. The maximum Gasteiger partial charge on any atom is 0.251 e. The zero-order valence-corrected chi connectivity index (χ0v) is 16.0. The van der Waals surface area contributed by atoms with E-state index in [1.165, 1.54) is 0 Å². The number of hydrogen-bond acceptors (Lipinski definition) is 6. The van der Waals surface area contributed by atoms with Gasteiger partial charge in [-0.3, -0.25) is 9.69 Å². The Morgan fingerprint density at radius 1 is 1.15 bits per heavy atom. The summed E-state index contributed by atoms with van der Waals surface area (Å²) in [6, 6.07) is 7.78. The van der Waals surface area contributed by atoms with Gasteiger partial charge < -0.3 is 14.1 Å². The number of amides is 1. The number of rotatable bonds is 4. The molecule has 2 aromatic rings. The maximum absolute atomic E-state index is 12.4. The number of aromatic nitrogens is 2. The van der Waals surface area contributed by atoms with Crippen molar-refractivity contribution in [3.05, 3.63) is 34.6 Å². The van der Waals surface area contributed by atoms with Crippen molar-refractivity contribution in [1.82, 2.24) is 20.0 Å². The Kier molecular flexibility index (Phi) is 5.33. The fourth-order valence-corrected chi connectivity index (χ4v) is 3.58. The molecule has 3 heterocycles. The second kappa shape index (κ2) is 7.85. The average molecular weight is 421 g/mol. The highest BCUT2D eigenvalue weighted by Crippen LogP contribution is 2.21. The number of benzene rings is 1. The van der Waals surface area contributed by atoms with Gasteiger partial charge in [0.25, 0.3) is 5.91 Å². The van der Waals surface area contributed by atoms with Gasteiger partial charge in [0.05, 0.1) is 6.54 Å². The second-order valence-electron chi connectivity index (χ2n) is 6.61. The highest BCUT2D eigenvalue weighted by molar-refractivity contribution is 9.10. The van der Waals surface area contributed by atoms with Crippen LogP contribution in [-0.2, 0) is 16.1 Å². The molecule has 7 nitrogen and oxygen atoms in total. The Labute approximate surface area is 160 Å². The van der Waals surface area contributed by atoms with Crippen molar-refractivity contribution in [2.45, 2.75) is 25.5 Å². The minimum atomic E-state index is -0.231. The molecular formula is C18H21BrN4O3. The normalized spacial score (nSPS) is 21.3. The van der Waals surface area contributed by atoms with Crippen LogP contribution in [0.2, 0.25) is 0 Å². The molecule has 2 saturated heterocycles. The first-order chi connectivity index (χ1) is 12.7. The van der Waals surface area contributed by atoms with Gasteiger partial charge in [-0.25, -0.2) is 0 Å². The topological polar surface area (TPSA) is 71.7 Å². The quantitative estimate of drug-likeness (QED) is 0.755. The molecule has 8 heteroatoms. The third kappa shape index (κ3) is 3.97. The molecule has 138 valence electrons. The summed E-state index contributed by atoms with van der Waals surface area (Å²) in [5, 5.41) is 8.29. The number of halogens is 1. The summed E-state index contributed by atoms with van der Waals surface area (Å²) < 4.78 is 12.3. The molecule has 1 aromatic carbocycles. The Morgan fingerprint density at radius 2 is 1.92 bits per heavy atom. The summed E-state index contributed by atoms with van der Waals surface area (Å²) in [7, 11) is 0. The molecule has 0 bridgehead atoms. The largest absolute Gasteiger partial charge is 0.419 e. The van der Waals surface area contributed by atoms with E-state index in [4.69, 9.17) is 9.15 Å². The van der Waals surface area contributed by atoms with Crippen LogP contribution in [0.4, 0.5) is 0 Å². The SMILES string of the molecule is O=C(C1CCCO1)N1CCN(Cc2nnc(-c3ccc(Br)cc3)o2)CC1. The number of carbonyl (C=O) groups is 1. The van der Waals surface area contributed by atoms with Crippen molar-refractivity contribution in [3.63, 3.8) is 0 Å². The highest BCUT2D eigenvalue weighted by Gasteiger charge is 2.30. The van der Waals surface area contributed by atoms with Gasteiger partial charge in [0.1, 0.15) is 6.10 Å². The first kappa shape index (κ1) is 17.6. The number of carbonyl (C=O) groups excluding carboxylic acids is 1. The summed E-state index contributed by atoms with van der Waals surface area (Å²) in [6.07, 6.45) is 1.60. The van der Waals surface area contributed by atoms with Gasteiger partial charge in [0.2, 0.25) is 11.8 Å². The average Bonchev–Trinajstić information content (AvgIpc) is 3.35. The van der Waals surface area contributed by atoms with Crippen LogP contribution >= 0.6 is 15.9 Å². The molecule has 0 aliphatic carbocycles. The number of ether oxygens (including phenoxy) is 1. The van der Waals surface area contributed by atoms with Crippen molar-refractivity contribution in [2.75, 3.05) is 32.8 Å². The van der Waals surface area contributed by atoms with Gasteiger partial charge in [-0.15, -0.1) is 10.2 Å². The summed E-state index contributed by atoms with van der Waals surface area (Å²) in [5.74, 6) is 1.26. The second-order valence-corrected chi connectivity index (χ2v) is 7.53. The van der Waals surface area contributed by atoms with Gasteiger partial charge in [0.15, 0.2) is 0 Å². The van der Waals surface area contributed by atoms with Gasteiger partial charge in [-0.1, -0.05) is 15.9 Å². The van der Waals surface area contributed by atoms with Crippen LogP contribution in [0.1, 0.15) is 18.7 Å². The molecule has 4 rings (SSSR count). The standard InChI is InChI=1S/C18H21BrN4O3/c19-14-5-3-13(4-6-14)17-21-20-16(26-17)12-22-7-9-23(10-8-22)18(24)15-2-1-11-25-15/h3-6,15H,1-2,7-12H2. The summed E-state index contributed by atoms with van der Waals surface area (Å²) in [6.45, 7) is 4.33. The lowest BCUT2D eigenvalue weighted by Crippen LogP contribution is -2.51. The van der Waals surface area contributed by atoms with Crippen LogP contribution in [0.3, 0.4) is 0 Å². The molecular weight excluding hydrogens is 400 g/mol. The van der Waals surface area contributed by atoms with E-state index in [0.717, 1.165) is 36.0 Å². The maximum atomic E-state index is 12.4. The molecule has 2 fully saturated rings. The highest BCUT2D eigenvalue weighted by atomic mass is 79.9. The third-order valence-corrected chi connectivity index (χ3v) is 5.33. The van der Waals surface area contributed by atoms with Crippen LogP contribution in [0.25, 0.3) is 11.5 Å². The van der Waals surface area contributed by atoms with Crippen molar-refractivity contribution >= 4 is 21.8 Å². The molecule has 1 aromatic heterocycles. The van der Waals surface area contributed by atoms with E-state index in [-0.39, 0.29) is 12.0 Å². The summed E-state index contributed by atoms with van der Waals surface area (Å²) >= 11 is 3.42. The van der Waals surface area contributed by atoms with Gasteiger partial charge in [0, 0.05) is 42.8 Å². The molecule has 26 heavy (non-hydrogen) atoms. The third-order valence-electron chi connectivity index (χ3n) is 4.81. The first-order valence-electron chi connectivity index (χ1n) is 8.90. The first-order valence-corrected chi connectivity index (χ1v) is 9.69. The van der Waals surface area contributed by atoms with E-state index >= 15 is 0 Å². The fraction of sp³-hybridized carbons (Fsp3) is 0.500. The molecule has 1 atom stereocenters. The van der Waals surface area contributed by atoms with Gasteiger partial charge in [-0.05, 0) is 37.1 Å². The van der Waals surface area contributed by atoms with Crippen LogP contribution in [0, 0.1) is 0 Å². The van der Waals surface area contributed by atoms with E-state index < -0.39 is 0 Å². The van der Waals surface area contributed by atoms with Crippen LogP contribution in [0.5, 0.6) is 0 Å². The summed E-state index contributed by atoms with van der Waals surface area (Å²) in [4.78, 5) is 16.5. The van der Waals surface area contributed by atoms with Gasteiger partial charge >= 0.3 is 0 Å². The van der Waals surface area contributed by atoms with E-state index in [1.54, 1.807) is 0 Å². The minimum Gasteiger partial charge on any atom is -0.419 e. The molecule has 0 N–H and O–H groups in total. The lowest BCUT2D eigenvalue weighted by molar-refractivity contribution is -0.142. The van der Waals surface area contributed by atoms with Gasteiger partial charge in [-0.2, -0.15) is 0 Å². The van der Waals surface area contributed by atoms with E-state index in [9.17, 15) is 4.79 Å². The lowest BCUT2D eigenvalue weighted by Gasteiger charge is -2.35. The molecule has 1 amide bonds. The Hall–Kier alpha value is -1.77. The predicted octanol–water partition coefficient (Wildman–Crippen LogP) is 2.32.